The number of para-hydroxylation sites is 1. The predicted octanol–water partition coefficient (Wildman–Crippen LogP) is 4.32. The summed E-state index contributed by atoms with van der Waals surface area (Å²) in [7, 11) is 0. The molecule has 0 unspecified atom stereocenters. The van der Waals surface area contributed by atoms with Crippen LogP contribution in [0.4, 0.5) is 11.5 Å². The van der Waals surface area contributed by atoms with Crippen LogP contribution in [0.1, 0.15) is 36.2 Å². The molecule has 0 atom stereocenters. The average Bonchev–Trinajstić information content (AvgIpc) is 3.05. The zero-order valence-electron chi connectivity index (χ0n) is 15.3. The first-order valence-corrected chi connectivity index (χ1v) is 9.28. The van der Waals surface area contributed by atoms with Crippen LogP contribution in [-0.4, -0.2) is 27.9 Å². The van der Waals surface area contributed by atoms with Crippen molar-refractivity contribution in [1.29, 1.82) is 0 Å². The Hall–Kier alpha value is -3.39. The van der Waals surface area contributed by atoms with Gasteiger partial charge in [-0.2, -0.15) is 0 Å². The Morgan fingerprint density at radius 3 is 2.52 bits per heavy atom. The molecule has 0 saturated heterocycles. The molecular formula is C20H18ClN3O5. The first-order chi connectivity index (χ1) is 13.9. The molecule has 9 heteroatoms. The first-order valence-electron chi connectivity index (χ1n) is 8.90. The van der Waals surface area contributed by atoms with Gasteiger partial charge in [0.1, 0.15) is 17.1 Å². The summed E-state index contributed by atoms with van der Waals surface area (Å²) >= 11 is 5.80. The Kier molecular flexibility index (Phi) is 6.46. The van der Waals surface area contributed by atoms with Gasteiger partial charge in [-0.05, 0) is 37.1 Å². The predicted molar refractivity (Wildman–Crippen MR) is 108 cm³/mol. The fourth-order valence-corrected chi connectivity index (χ4v) is 2.83. The number of carboxylic acid groups (broad SMARTS) is 1. The molecule has 2 heterocycles. The van der Waals surface area contributed by atoms with E-state index in [1.165, 1.54) is 6.20 Å². The largest absolute Gasteiger partial charge is 0.481 e. The Balaban J connectivity index is 1.78. The number of unbranched alkanes of at least 4 members (excludes halogenated alkanes) is 1. The lowest BCUT2D eigenvalue weighted by Crippen LogP contribution is -2.17. The van der Waals surface area contributed by atoms with Crippen LogP contribution >= 0.6 is 11.6 Å². The summed E-state index contributed by atoms with van der Waals surface area (Å²) in [6, 6.07) is 10.1. The number of rotatable bonds is 8. The summed E-state index contributed by atoms with van der Waals surface area (Å²) in [5.74, 6) is -1.58. The second kappa shape index (κ2) is 9.20. The van der Waals surface area contributed by atoms with Crippen LogP contribution in [0, 0.1) is 0 Å². The van der Waals surface area contributed by atoms with E-state index in [0.717, 1.165) is 0 Å². The zero-order chi connectivity index (χ0) is 20.8. The van der Waals surface area contributed by atoms with Gasteiger partial charge in [-0.25, -0.2) is 4.98 Å². The van der Waals surface area contributed by atoms with E-state index in [9.17, 15) is 14.4 Å². The number of anilines is 2. The molecule has 1 aromatic carbocycles. The Morgan fingerprint density at radius 2 is 1.79 bits per heavy atom. The minimum Gasteiger partial charge on any atom is -0.481 e. The minimum absolute atomic E-state index is 0.00364. The van der Waals surface area contributed by atoms with E-state index in [2.05, 4.69) is 15.6 Å². The number of nitrogens with zero attached hydrogens (tertiary/aromatic N) is 1. The number of halogens is 1. The molecule has 2 amide bonds. The number of amides is 2. The van der Waals surface area contributed by atoms with Crippen molar-refractivity contribution in [1.82, 2.24) is 4.98 Å². The average molecular weight is 416 g/mol. The van der Waals surface area contributed by atoms with Gasteiger partial charge in [-0.1, -0.05) is 23.7 Å². The van der Waals surface area contributed by atoms with E-state index in [0.29, 0.717) is 28.8 Å². The smallest absolute Gasteiger partial charge is 0.303 e. The van der Waals surface area contributed by atoms with Gasteiger partial charge >= 0.3 is 5.97 Å². The number of hydrogen-bond donors (Lipinski definition) is 3. The van der Waals surface area contributed by atoms with Crippen molar-refractivity contribution in [3.05, 3.63) is 53.4 Å². The molecule has 0 fully saturated rings. The number of carboxylic acids is 1. The molecule has 29 heavy (non-hydrogen) atoms. The molecular weight excluding hydrogens is 398 g/mol. The van der Waals surface area contributed by atoms with Gasteiger partial charge in [0.25, 0.3) is 5.91 Å². The lowest BCUT2D eigenvalue weighted by molar-refractivity contribution is -0.137. The number of pyridine rings is 1. The van der Waals surface area contributed by atoms with Gasteiger partial charge in [0.2, 0.25) is 11.7 Å². The van der Waals surface area contributed by atoms with Crippen molar-refractivity contribution in [3.8, 4) is 0 Å². The number of hydrogen-bond acceptors (Lipinski definition) is 5. The summed E-state index contributed by atoms with van der Waals surface area (Å²) in [5.41, 5.74) is 0.707. The fourth-order valence-electron chi connectivity index (χ4n) is 2.72. The van der Waals surface area contributed by atoms with Gasteiger partial charge in [0.05, 0.1) is 5.02 Å². The first kappa shape index (κ1) is 20.3. The number of aromatic nitrogens is 1. The van der Waals surface area contributed by atoms with Crippen molar-refractivity contribution in [3.63, 3.8) is 0 Å². The maximum Gasteiger partial charge on any atom is 0.303 e. The van der Waals surface area contributed by atoms with Crippen LogP contribution in [-0.2, 0) is 9.59 Å². The number of benzene rings is 1. The Morgan fingerprint density at radius 1 is 1.03 bits per heavy atom. The van der Waals surface area contributed by atoms with Crippen LogP contribution in [0.25, 0.3) is 11.0 Å². The van der Waals surface area contributed by atoms with Gasteiger partial charge in [0.15, 0.2) is 0 Å². The summed E-state index contributed by atoms with van der Waals surface area (Å²) in [4.78, 5) is 39.6. The standard InChI is InChI=1S/C20H18ClN3O5/c21-12-9-10-15(22-11-12)23-20(28)19-18(13-5-1-2-6-14(13)29-19)24-16(25)7-3-4-8-17(26)27/h1-2,5-6,9-11H,3-4,7-8H2,(H,24,25)(H,26,27)(H,22,23,28). The monoisotopic (exact) mass is 415 g/mol. The number of aliphatic carboxylic acids is 1. The van der Waals surface area contributed by atoms with E-state index >= 15 is 0 Å². The molecule has 0 aliphatic rings. The molecule has 0 aliphatic heterocycles. The van der Waals surface area contributed by atoms with Gasteiger partial charge in [-0.15, -0.1) is 0 Å². The molecule has 3 rings (SSSR count). The highest BCUT2D eigenvalue weighted by Gasteiger charge is 2.22. The van der Waals surface area contributed by atoms with Crippen molar-refractivity contribution >= 4 is 51.9 Å². The van der Waals surface area contributed by atoms with Crippen LogP contribution in [0.3, 0.4) is 0 Å². The molecule has 3 N–H and O–H groups in total. The van der Waals surface area contributed by atoms with E-state index in [4.69, 9.17) is 21.1 Å². The van der Waals surface area contributed by atoms with E-state index in [1.807, 2.05) is 0 Å². The van der Waals surface area contributed by atoms with Crippen LogP contribution in [0.2, 0.25) is 5.02 Å². The Labute approximate surface area is 170 Å². The SMILES string of the molecule is O=C(O)CCCCC(=O)Nc1c(C(=O)Nc2ccc(Cl)cn2)oc2ccccc12. The maximum atomic E-state index is 12.7. The third-order valence-corrected chi connectivity index (χ3v) is 4.30. The third kappa shape index (κ3) is 5.32. The highest BCUT2D eigenvalue weighted by Crippen LogP contribution is 2.31. The number of carbonyl (C=O) groups is 3. The fraction of sp³-hybridized carbons (Fsp3) is 0.200. The van der Waals surface area contributed by atoms with Gasteiger partial charge < -0.3 is 20.2 Å². The molecule has 0 bridgehead atoms. The van der Waals surface area contributed by atoms with Crippen molar-refractivity contribution in [2.45, 2.75) is 25.7 Å². The summed E-state index contributed by atoms with van der Waals surface area (Å²) in [6.45, 7) is 0. The third-order valence-electron chi connectivity index (χ3n) is 4.08. The summed E-state index contributed by atoms with van der Waals surface area (Å²) in [5, 5.41) is 15.0. The number of furan rings is 1. The van der Waals surface area contributed by atoms with Crippen LogP contribution < -0.4 is 10.6 Å². The summed E-state index contributed by atoms with van der Waals surface area (Å²) < 4.78 is 5.66. The van der Waals surface area contributed by atoms with E-state index < -0.39 is 11.9 Å². The van der Waals surface area contributed by atoms with Crippen molar-refractivity contribution in [2.24, 2.45) is 0 Å². The van der Waals surface area contributed by atoms with Gasteiger partial charge in [0, 0.05) is 24.4 Å². The van der Waals surface area contributed by atoms with E-state index in [1.54, 1.807) is 36.4 Å². The van der Waals surface area contributed by atoms with Crippen molar-refractivity contribution < 1.29 is 23.9 Å². The molecule has 3 aromatic rings. The second-order valence-electron chi connectivity index (χ2n) is 6.27. The molecule has 0 spiro atoms. The second-order valence-corrected chi connectivity index (χ2v) is 6.70. The maximum absolute atomic E-state index is 12.7. The highest BCUT2D eigenvalue weighted by atomic mass is 35.5. The Bertz CT molecular complexity index is 1050. The quantitative estimate of drug-likeness (QED) is 0.471. The van der Waals surface area contributed by atoms with Crippen molar-refractivity contribution in [2.75, 3.05) is 10.6 Å². The zero-order valence-corrected chi connectivity index (χ0v) is 16.0. The lowest BCUT2D eigenvalue weighted by Gasteiger charge is -2.07. The number of nitrogens with one attached hydrogen (secondary N) is 2. The van der Waals surface area contributed by atoms with Crippen LogP contribution in [0.5, 0.6) is 0 Å². The molecule has 150 valence electrons. The minimum atomic E-state index is -0.902. The molecule has 8 nitrogen and oxygen atoms in total. The lowest BCUT2D eigenvalue weighted by atomic mass is 10.1. The molecule has 0 radical (unpaired) electrons. The normalized spacial score (nSPS) is 10.7. The molecule has 0 aliphatic carbocycles. The topological polar surface area (TPSA) is 122 Å². The number of fused-ring (bicyclic) bond motifs is 1. The highest BCUT2D eigenvalue weighted by molar-refractivity contribution is 6.30. The van der Waals surface area contributed by atoms with Crippen LogP contribution in [0.15, 0.2) is 47.0 Å². The van der Waals surface area contributed by atoms with Gasteiger partial charge in [-0.3, -0.25) is 14.4 Å². The summed E-state index contributed by atoms with van der Waals surface area (Å²) in [6.07, 6.45) is 2.35. The number of carbonyl (C=O) groups excluding carboxylic acids is 2. The molecule has 2 aromatic heterocycles. The molecule has 0 saturated carbocycles. The van der Waals surface area contributed by atoms with E-state index in [-0.39, 0.29) is 36.0 Å².